The van der Waals surface area contributed by atoms with Crippen molar-refractivity contribution in [2.45, 2.75) is 39.8 Å². The Balaban J connectivity index is 1.68. The second kappa shape index (κ2) is 8.49. The lowest BCUT2D eigenvalue weighted by molar-refractivity contribution is 0.549. The van der Waals surface area contributed by atoms with Crippen molar-refractivity contribution in [2.24, 2.45) is 0 Å². The Morgan fingerprint density at radius 1 is 0.788 bits per heavy atom. The van der Waals surface area contributed by atoms with Gasteiger partial charge in [-0.2, -0.15) is 0 Å². The first-order valence-corrected chi connectivity index (χ1v) is 11.7. The van der Waals surface area contributed by atoms with E-state index in [1.807, 2.05) is 18.3 Å². The van der Waals surface area contributed by atoms with Gasteiger partial charge in [0, 0.05) is 29.5 Å². The molecule has 2 aromatic carbocycles. The molecule has 0 saturated carbocycles. The number of aromatic nitrogens is 2. The van der Waals surface area contributed by atoms with Crippen molar-refractivity contribution in [1.82, 2.24) is 14.9 Å². The monoisotopic (exact) mass is 452 g/mol. The van der Waals surface area contributed by atoms with Crippen LogP contribution < -0.4 is 10.2 Å². The lowest BCUT2D eigenvalue weighted by atomic mass is 10.00. The number of anilines is 1. The Morgan fingerprint density at radius 2 is 1.48 bits per heavy atom. The summed E-state index contributed by atoms with van der Waals surface area (Å²) in [6.07, 6.45) is 3.98. The van der Waals surface area contributed by atoms with Gasteiger partial charge in [-0.05, 0) is 111 Å². The molecule has 4 nitrogen and oxygen atoms in total. The van der Waals surface area contributed by atoms with E-state index < -0.39 is 0 Å². The van der Waals surface area contributed by atoms with Gasteiger partial charge < -0.3 is 14.8 Å². The molecule has 0 radical (unpaired) electrons. The maximum Gasteiger partial charge on any atom is 0.174 e. The van der Waals surface area contributed by atoms with E-state index in [-0.39, 0.29) is 12.1 Å². The molecule has 1 aliphatic rings. The third-order valence-electron chi connectivity index (χ3n) is 6.72. The van der Waals surface area contributed by atoms with Crippen LogP contribution in [0.25, 0.3) is 5.69 Å². The van der Waals surface area contributed by atoms with Crippen LogP contribution in [0.15, 0.2) is 79.1 Å². The number of aryl methyl sites for hydroxylation is 4. The van der Waals surface area contributed by atoms with Crippen molar-refractivity contribution in [3.05, 3.63) is 113 Å². The van der Waals surface area contributed by atoms with Crippen LogP contribution in [-0.4, -0.2) is 14.7 Å². The highest BCUT2D eigenvalue weighted by Gasteiger charge is 2.42. The zero-order valence-electron chi connectivity index (χ0n) is 19.4. The van der Waals surface area contributed by atoms with E-state index in [1.54, 1.807) is 0 Å². The highest BCUT2D eigenvalue weighted by Crippen LogP contribution is 2.42. The van der Waals surface area contributed by atoms with E-state index >= 15 is 0 Å². The van der Waals surface area contributed by atoms with Gasteiger partial charge in [-0.3, -0.25) is 4.98 Å². The van der Waals surface area contributed by atoms with Gasteiger partial charge >= 0.3 is 0 Å². The van der Waals surface area contributed by atoms with Crippen LogP contribution in [0, 0.1) is 27.7 Å². The van der Waals surface area contributed by atoms with Crippen LogP contribution in [0.3, 0.4) is 0 Å². The smallest absolute Gasteiger partial charge is 0.174 e. The fraction of sp³-hybridized carbons (Fsp3) is 0.214. The van der Waals surface area contributed by atoms with E-state index in [1.165, 1.54) is 27.9 Å². The molecule has 1 fully saturated rings. The van der Waals surface area contributed by atoms with E-state index in [0.29, 0.717) is 5.11 Å². The zero-order valence-corrected chi connectivity index (χ0v) is 20.2. The molecular formula is C28H28N4S. The minimum Gasteiger partial charge on any atom is -0.351 e. The predicted molar refractivity (Wildman–Crippen MR) is 139 cm³/mol. The van der Waals surface area contributed by atoms with Gasteiger partial charge in [-0.1, -0.05) is 18.2 Å². The van der Waals surface area contributed by atoms with Crippen LogP contribution >= 0.6 is 12.2 Å². The molecule has 5 rings (SSSR count). The van der Waals surface area contributed by atoms with Crippen molar-refractivity contribution in [3.63, 3.8) is 0 Å². The first-order chi connectivity index (χ1) is 15.9. The van der Waals surface area contributed by atoms with Crippen LogP contribution in [0.4, 0.5) is 5.69 Å². The number of pyridine rings is 1. The highest BCUT2D eigenvalue weighted by molar-refractivity contribution is 7.80. The molecule has 2 atom stereocenters. The van der Waals surface area contributed by atoms with E-state index in [0.717, 1.165) is 17.1 Å². The Labute approximate surface area is 200 Å². The first-order valence-electron chi connectivity index (χ1n) is 11.3. The summed E-state index contributed by atoms with van der Waals surface area (Å²) in [6.45, 7) is 8.59. The van der Waals surface area contributed by atoms with Gasteiger partial charge in [0.1, 0.15) is 6.04 Å². The SMILES string of the molecule is Cc1ccc(N2C(=S)N[C@H](c3ccccn3)[C@H]2c2cccn2-c2ccc(C)c(C)c2)cc1C. The summed E-state index contributed by atoms with van der Waals surface area (Å²) in [7, 11) is 0. The van der Waals surface area contributed by atoms with Gasteiger partial charge in [0.2, 0.25) is 0 Å². The average Bonchev–Trinajstić information content (AvgIpc) is 3.42. The fourth-order valence-electron chi connectivity index (χ4n) is 4.55. The van der Waals surface area contributed by atoms with E-state index in [9.17, 15) is 0 Å². The first kappa shape index (κ1) is 21.4. The quantitative estimate of drug-likeness (QED) is 0.369. The Bertz CT molecular complexity index is 1320. The van der Waals surface area contributed by atoms with Crippen molar-refractivity contribution < 1.29 is 0 Å². The minimum atomic E-state index is -0.0690. The lowest BCUT2D eigenvalue weighted by Crippen LogP contribution is -2.30. The molecule has 166 valence electrons. The number of rotatable bonds is 4. The second-order valence-corrected chi connectivity index (χ2v) is 9.22. The molecule has 0 amide bonds. The molecule has 5 heteroatoms. The molecule has 0 spiro atoms. The largest absolute Gasteiger partial charge is 0.351 e. The minimum absolute atomic E-state index is 0.0499. The standard InChI is InChI=1S/C28H28N4S/c1-18-10-12-22(16-20(18)3)31-15-7-9-25(31)27-26(24-8-5-6-14-29-24)30-28(33)32(27)23-13-11-19(2)21(4)17-23/h5-17,26-27H,1-4H3,(H,30,33)/t26-,27-/m1/s1. The Kier molecular flexibility index (Phi) is 5.51. The summed E-state index contributed by atoms with van der Waals surface area (Å²) >= 11 is 5.90. The van der Waals surface area contributed by atoms with Crippen molar-refractivity contribution in [1.29, 1.82) is 0 Å². The molecule has 1 aliphatic heterocycles. The number of benzene rings is 2. The van der Waals surface area contributed by atoms with Crippen LogP contribution in [0.2, 0.25) is 0 Å². The molecule has 2 aromatic heterocycles. The Hall–Kier alpha value is -3.44. The molecular weight excluding hydrogens is 424 g/mol. The summed E-state index contributed by atoms with van der Waals surface area (Å²) in [6, 6.07) is 23.4. The highest BCUT2D eigenvalue weighted by atomic mass is 32.1. The average molecular weight is 453 g/mol. The summed E-state index contributed by atoms with van der Waals surface area (Å²) in [5.74, 6) is 0. The molecule has 33 heavy (non-hydrogen) atoms. The molecule has 0 bridgehead atoms. The third kappa shape index (κ3) is 3.83. The molecule has 0 aliphatic carbocycles. The zero-order chi connectivity index (χ0) is 23.1. The number of thiocarbonyl (C=S) groups is 1. The van der Waals surface area contributed by atoms with Crippen LogP contribution in [0.5, 0.6) is 0 Å². The number of hydrogen-bond donors (Lipinski definition) is 1. The van der Waals surface area contributed by atoms with E-state index in [2.05, 4.69) is 108 Å². The van der Waals surface area contributed by atoms with Gasteiger partial charge in [0.15, 0.2) is 5.11 Å². The Morgan fingerprint density at radius 3 is 2.15 bits per heavy atom. The van der Waals surface area contributed by atoms with Crippen LogP contribution in [0.1, 0.15) is 45.7 Å². The van der Waals surface area contributed by atoms with Gasteiger partial charge in [-0.25, -0.2) is 0 Å². The van der Waals surface area contributed by atoms with Crippen LogP contribution in [-0.2, 0) is 0 Å². The molecule has 0 unspecified atom stereocenters. The molecule has 4 aromatic rings. The fourth-order valence-corrected chi connectivity index (χ4v) is 4.90. The second-order valence-electron chi connectivity index (χ2n) is 8.84. The van der Waals surface area contributed by atoms with Crippen molar-refractivity contribution in [2.75, 3.05) is 4.90 Å². The summed E-state index contributed by atoms with van der Waals surface area (Å²) in [5.41, 5.74) is 9.47. The maximum absolute atomic E-state index is 5.90. The van der Waals surface area contributed by atoms with Gasteiger partial charge in [-0.15, -0.1) is 0 Å². The number of nitrogens with one attached hydrogen (secondary N) is 1. The van der Waals surface area contributed by atoms with Crippen molar-refractivity contribution in [3.8, 4) is 5.69 Å². The predicted octanol–water partition coefficient (Wildman–Crippen LogP) is 6.28. The lowest BCUT2D eigenvalue weighted by Gasteiger charge is -2.29. The summed E-state index contributed by atoms with van der Waals surface area (Å²) in [5, 5.41) is 4.29. The third-order valence-corrected chi connectivity index (χ3v) is 7.03. The molecule has 1 N–H and O–H groups in total. The number of hydrogen-bond acceptors (Lipinski definition) is 2. The topological polar surface area (TPSA) is 33.1 Å². The molecule has 3 heterocycles. The van der Waals surface area contributed by atoms with E-state index in [4.69, 9.17) is 12.2 Å². The molecule has 1 saturated heterocycles. The maximum atomic E-state index is 5.90. The van der Waals surface area contributed by atoms with Gasteiger partial charge in [0.05, 0.1) is 11.7 Å². The van der Waals surface area contributed by atoms with Gasteiger partial charge in [0.25, 0.3) is 0 Å². The summed E-state index contributed by atoms with van der Waals surface area (Å²) in [4.78, 5) is 6.93. The summed E-state index contributed by atoms with van der Waals surface area (Å²) < 4.78 is 2.27. The number of nitrogens with zero attached hydrogens (tertiary/aromatic N) is 3. The normalized spacial score (nSPS) is 17.9. The van der Waals surface area contributed by atoms with Crippen molar-refractivity contribution >= 4 is 23.0 Å².